The maximum Gasteiger partial charge on any atom is 0.0406 e. The second-order valence-corrected chi connectivity index (χ2v) is 4.60. The maximum absolute atomic E-state index is 5.92. The van der Waals surface area contributed by atoms with E-state index in [9.17, 15) is 0 Å². The quantitative estimate of drug-likeness (QED) is 0.810. The molecule has 0 aliphatic rings. The van der Waals surface area contributed by atoms with Gasteiger partial charge in [0.1, 0.15) is 0 Å². The highest BCUT2D eigenvalue weighted by Gasteiger charge is 2.05. The molecule has 0 saturated heterocycles. The van der Waals surface area contributed by atoms with Crippen molar-refractivity contribution in [1.29, 1.82) is 0 Å². The van der Waals surface area contributed by atoms with Crippen LogP contribution in [-0.2, 0) is 6.54 Å². The minimum absolute atomic E-state index is 0.220. The molecule has 1 aromatic carbocycles. The van der Waals surface area contributed by atoms with Crippen LogP contribution in [0, 0.1) is 5.92 Å². The highest BCUT2D eigenvalue weighted by molar-refractivity contribution is 6.30. The second kappa shape index (κ2) is 6.11. The van der Waals surface area contributed by atoms with Crippen molar-refractivity contribution in [2.45, 2.75) is 26.4 Å². The Morgan fingerprint density at radius 3 is 2.40 bits per heavy atom. The average Bonchev–Trinajstić information content (AvgIpc) is 2.20. The van der Waals surface area contributed by atoms with Crippen LogP contribution in [0.3, 0.4) is 0 Å². The van der Waals surface area contributed by atoms with Crippen molar-refractivity contribution in [2.75, 3.05) is 6.54 Å². The van der Waals surface area contributed by atoms with Gasteiger partial charge in [-0.25, -0.2) is 0 Å². The standard InChI is InChI=1S/C12H19ClN2/c1-9(2)12(14)8-15-7-10-3-5-11(13)6-4-10/h3-6,9,12,15H,7-8,14H2,1-2H3. The number of benzene rings is 1. The van der Waals surface area contributed by atoms with Crippen molar-refractivity contribution in [3.05, 3.63) is 34.9 Å². The number of hydrogen-bond acceptors (Lipinski definition) is 2. The summed E-state index contributed by atoms with van der Waals surface area (Å²) < 4.78 is 0. The van der Waals surface area contributed by atoms with Crippen molar-refractivity contribution in [3.8, 4) is 0 Å². The third-order valence-electron chi connectivity index (χ3n) is 2.48. The Morgan fingerprint density at radius 2 is 1.87 bits per heavy atom. The summed E-state index contributed by atoms with van der Waals surface area (Å²) >= 11 is 5.80. The molecule has 0 fully saturated rings. The Labute approximate surface area is 96.8 Å². The van der Waals surface area contributed by atoms with Gasteiger partial charge in [-0.15, -0.1) is 0 Å². The Morgan fingerprint density at radius 1 is 1.27 bits per heavy atom. The lowest BCUT2D eigenvalue weighted by atomic mass is 10.1. The van der Waals surface area contributed by atoms with Gasteiger partial charge in [-0.3, -0.25) is 0 Å². The van der Waals surface area contributed by atoms with Crippen LogP contribution in [0.5, 0.6) is 0 Å². The Hall–Kier alpha value is -0.570. The van der Waals surface area contributed by atoms with E-state index in [0.29, 0.717) is 5.92 Å². The number of nitrogens with one attached hydrogen (secondary N) is 1. The van der Waals surface area contributed by atoms with Gasteiger partial charge in [-0.1, -0.05) is 37.6 Å². The van der Waals surface area contributed by atoms with Gasteiger partial charge in [0.15, 0.2) is 0 Å². The van der Waals surface area contributed by atoms with Gasteiger partial charge in [0.25, 0.3) is 0 Å². The molecule has 84 valence electrons. The van der Waals surface area contributed by atoms with Crippen molar-refractivity contribution in [1.82, 2.24) is 5.32 Å². The van der Waals surface area contributed by atoms with E-state index in [1.54, 1.807) is 0 Å². The molecule has 1 unspecified atom stereocenters. The minimum Gasteiger partial charge on any atom is -0.326 e. The van der Waals surface area contributed by atoms with Gasteiger partial charge in [0.2, 0.25) is 0 Å². The number of nitrogens with two attached hydrogens (primary N) is 1. The van der Waals surface area contributed by atoms with E-state index in [0.717, 1.165) is 18.1 Å². The molecule has 0 heterocycles. The van der Waals surface area contributed by atoms with Gasteiger partial charge in [-0.2, -0.15) is 0 Å². The SMILES string of the molecule is CC(C)C(N)CNCc1ccc(Cl)cc1. The van der Waals surface area contributed by atoms with E-state index in [-0.39, 0.29) is 6.04 Å². The minimum atomic E-state index is 0.220. The molecular weight excluding hydrogens is 208 g/mol. The average molecular weight is 227 g/mol. The molecule has 0 amide bonds. The fraction of sp³-hybridized carbons (Fsp3) is 0.500. The van der Waals surface area contributed by atoms with Crippen molar-refractivity contribution >= 4 is 11.6 Å². The lowest BCUT2D eigenvalue weighted by molar-refractivity contribution is 0.458. The van der Waals surface area contributed by atoms with E-state index in [2.05, 4.69) is 19.2 Å². The van der Waals surface area contributed by atoms with Crippen LogP contribution >= 0.6 is 11.6 Å². The van der Waals surface area contributed by atoms with Crippen LogP contribution in [0.2, 0.25) is 5.02 Å². The van der Waals surface area contributed by atoms with Crippen molar-refractivity contribution in [2.24, 2.45) is 11.7 Å². The number of rotatable bonds is 5. The molecule has 0 bridgehead atoms. The van der Waals surface area contributed by atoms with E-state index in [1.807, 2.05) is 24.3 Å². The van der Waals surface area contributed by atoms with Crippen LogP contribution in [0.4, 0.5) is 0 Å². The molecule has 0 radical (unpaired) electrons. The molecule has 1 aromatic rings. The van der Waals surface area contributed by atoms with Crippen molar-refractivity contribution in [3.63, 3.8) is 0 Å². The van der Waals surface area contributed by atoms with Gasteiger partial charge in [0, 0.05) is 24.2 Å². The topological polar surface area (TPSA) is 38.0 Å². The fourth-order valence-electron chi connectivity index (χ4n) is 1.22. The zero-order valence-electron chi connectivity index (χ0n) is 9.33. The van der Waals surface area contributed by atoms with Gasteiger partial charge in [-0.05, 0) is 23.6 Å². The molecule has 3 heteroatoms. The zero-order chi connectivity index (χ0) is 11.3. The summed E-state index contributed by atoms with van der Waals surface area (Å²) in [6, 6.07) is 8.08. The van der Waals surface area contributed by atoms with Crippen LogP contribution in [0.1, 0.15) is 19.4 Å². The van der Waals surface area contributed by atoms with Gasteiger partial charge >= 0.3 is 0 Å². The molecule has 0 spiro atoms. The van der Waals surface area contributed by atoms with Crippen LogP contribution in [0.15, 0.2) is 24.3 Å². The van der Waals surface area contributed by atoms with E-state index < -0.39 is 0 Å². The van der Waals surface area contributed by atoms with E-state index in [1.165, 1.54) is 5.56 Å². The lowest BCUT2D eigenvalue weighted by Gasteiger charge is -2.16. The molecule has 2 nitrogen and oxygen atoms in total. The summed E-state index contributed by atoms with van der Waals surface area (Å²) in [4.78, 5) is 0. The van der Waals surface area contributed by atoms with Gasteiger partial charge < -0.3 is 11.1 Å². The Kier molecular flexibility index (Phi) is 5.09. The summed E-state index contributed by atoms with van der Waals surface area (Å²) in [6.07, 6.45) is 0. The highest BCUT2D eigenvalue weighted by atomic mass is 35.5. The molecule has 3 N–H and O–H groups in total. The molecular formula is C12H19ClN2. The predicted molar refractivity (Wildman–Crippen MR) is 66.0 cm³/mol. The smallest absolute Gasteiger partial charge is 0.0406 e. The molecule has 1 rings (SSSR count). The van der Waals surface area contributed by atoms with Gasteiger partial charge in [0.05, 0.1) is 0 Å². The summed E-state index contributed by atoms with van der Waals surface area (Å²) in [7, 11) is 0. The largest absolute Gasteiger partial charge is 0.326 e. The lowest BCUT2D eigenvalue weighted by Crippen LogP contribution is -2.37. The first-order chi connectivity index (χ1) is 7.09. The molecule has 0 aromatic heterocycles. The first-order valence-corrected chi connectivity index (χ1v) is 5.68. The fourth-order valence-corrected chi connectivity index (χ4v) is 1.35. The summed E-state index contributed by atoms with van der Waals surface area (Å²) in [5, 5.41) is 4.11. The molecule has 0 saturated carbocycles. The maximum atomic E-state index is 5.92. The predicted octanol–water partition coefficient (Wildman–Crippen LogP) is 2.41. The Bertz CT molecular complexity index is 282. The second-order valence-electron chi connectivity index (χ2n) is 4.17. The molecule has 0 aliphatic carbocycles. The summed E-state index contributed by atoms with van der Waals surface area (Å²) in [5.74, 6) is 0.516. The van der Waals surface area contributed by atoms with Crippen LogP contribution in [-0.4, -0.2) is 12.6 Å². The summed E-state index contributed by atoms with van der Waals surface area (Å²) in [6.45, 7) is 5.96. The summed E-state index contributed by atoms with van der Waals surface area (Å²) in [5.41, 5.74) is 7.15. The zero-order valence-corrected chi connectivity index (χ0v) is 10.1. The van der Waals surface area contributed by atoms with Crippen LogP contribution < -0.4 is 11.1 Å². The Balaban J connectivity index is 2.29. The number of hydrogen-bond donors (Lipinski definition) is 2. The van der Waals surface area contributed by atoms with Crippen LogP contribution in [0.25, 0.3) is 0 Å². The third-order valence-corrected chi connectivity index (χ3v) is 2.73. The normalized spacial score (nSPS) is 13.1. The highest BCUT2D eigenvalue weighted by Crippen LogP contribution is 2.09. The number of halogens is 1. The molecule has 1 atom stereocenters. The first-order valence-electron chi connectivity index (χ1n) is 5.30. The van der Waals surface area contributed by atoms with Crippen molar-refractivity contribution < 1.29 is 0 Å². The third kappa shape index (κ3) is 4.65. The monoisotopic (exact) mass is 226 g/mol. The van der Waals surface area contributed by atoms with E-state index in [4.69, 9.17) is 17.3 Å². The molecule has 0 aliphatic heterocycles. The first kappa shape index (κ1) is 12.5. The molecule has 15 heavy (non-hydrogen) atoms. The van der Waals surface area contributed by atoms with E-state index >= 15 is 0 Å².